The van der Waals surface area contributed by atoms with Crippen molar-refractivity contribution in [1.29, 1.82) is 0 Å². The zero-order valence-electron chi connectivity index (χ0n) is 8.14. The van der Waals surface area contributed by atoms with Crippen molar-refractivity contribution in [3.63, 3.8) is 0 Å². The normalized spacial score (nSPS) is 35.3. The van der Waals surface area contributed by atoms with Crippen LogP contribution in [0.3, 0.4) is 0 Å². The molecule has 1 atom stereocenters. The van der Waals surface area contributed by atoms with E-state index in [2.05, 4.69) is 5.32 Å². The summed E-state index contributed by atoms with van der Waals surface area (Å²) in [5.41, 5.74) is -0.151. The van der Waals surface area contributed by atoms with E-state index in [-0.39, 0.29) is 11.4 Å². The van der Waals surface area contributed by atoms with Crippen LogP contribution in [0.15, 0.2) is 0 Å². The molecular weight excluding hydrogens is 166 g/mol. The Kier molecular flexibility index (Phi) is 2.28. The standard InChI is InChI=1S/C10H17NO2/c1-10(7-13-9(10)12)6-8-2-4-11-5-3-8/h8,11H,2-7H2,1H3. The highest BCUT2D eigenvalue weighted by molar-refractivity contribution is 5.81. The molecule has 0 aromatic rings. The molecule has 2 fully saturated rings. The summed E-state index contributed by atoms with van der Waals surface area (Å²) in [6.07, 6.45) is 3.44. The number of piperidine rings is 1. The van der Waals surface area contributed by atoms with Gasteiger partial charge in [0.05, 0.1) is 5.41 Å². The van der Waals surface area contributed by atoms with E-state index < -0.39 is 0 Å². The molecule has 0 saturated carbocycles. The van der Waals surface area contributed by atoms with Gasteiger partial charge in [0.2, 0.25) is 0 Å². The predicted octanol–water partition coefficient (Wildman–Crippen LogP) is 0.939. The van der Waals surface area contributed by atoms with Crippen molar-refractivity contribution < 1.29 is 9.53 Å². The highest BCUT2D eigenvalue weighted by atomic mass is 16.6. The zero-order chi connectivity index (χ0) is 9.31. The van der Waals surface area contributed by atoms with Crippen LogP contribution < -0.4 is 5.32 Å². The van der Waals surface area contributed by atoms with E-state index in [0.29, 0.717) is 6.61 Å². The number of carbonyl (C=O) groups is 1. The first-order chi connectivity index (χ1) is 6.21. The second-order valence-electron chi connectivity index (χ2n) is 4.53. The Bertz CT molecular complexity index is 211. The lowest BCUT2D eigenvalue weighted by atomic mass is 9.76. The Balaban J connectivity index is 1.85. The summed E-state index contributed by atoms with van der Waals surface area (Å²) in [5, 5.41) is 3.33. The van der Waals surface area contributed by atoms with Crippen LogP contribution in [0.2, 0.25) is 0 Å². The van der Waals surface area contributed by atoms with Crippen molar-refractivity contribution in [1.82, 2.24) is 5.32 Å². The lowest BCUT2D eigenvalue weighted by molar-refractivity contribution is -0.185. The van der Waals surface area contributed by atoms with Crippen LogP contribution >= 0.6 is 0 Å². The topological polar surface area (TPSA) is 38.3 Å². The number of hydrogen-bond donors (Lipinski definition) is 1. The van der Waals surface area contributed by atoms with Crippen molar-refractivity contribution >= 4 is 5.97 Å². The average molecular weight is 183 g/mol. The number of cyclic esters (lactones) is 1. The Morgan fingerprint density at radius 2 is 2.23 bits per heavy atom. The van der Waals surface area contributed by atoms with E-state index in [1.807, 2.05) is 6.92 Å². The van der Waals surface area contributed by atoms with Gasteiger partial charge in [-0.1, -0.05) is 0 Å². The van der Waals surface area contributed by atoms with Crippen molar-refractivity contribution in [2.75, 3.05) is 19.7 Å². The Morgan fingerprint density at radius 3 is 2.69 bits per heavy atom. The molecule has 2 aliphatic heterocycles. The third-order valence-electron chi connectivity index (χ3n) is 3.21. The van der Waals surface area contributed by atoms with Gasteiger partial charge in [0.25, 0.3) is 0 Å². The van der Waals surface area contributed by atoms with Crippen LogP contribution in [0.5, 0.6) is 0 Å². The fourth-order valence-corrected chi connectivity index (χ4v) is 2.24. The number of ether oxygens (including phenoxy) is 1. The number of hydrogen-bond acceptors (Lipinski definition) is 3. The SMILES string of the molecule is CC1(CC2CCNCC2)COC1=O. The molecule has 0 radical (unpaired) electrons. The summed E-state index contributed by atoms with van der Waals surface area (Å²) in [6.45, 7) is 4.88. The van der Waals surface area contributed by atoms with E-state index in [1.54, 1.807) is 0 Å². The maximum atomic E-state index is 11.2. The summed E-state index contributed by atoms with van der Waals surface area (Å²) in [6, 6.07) is 0. The number of carbonyl (C=O) groups excluding carboxylic acids is 1. The molecule has 0 aromatic heterocycles. The van der Waals surface area contributed by atoms with E-state index in [0.717, 1.165) is 25.4 Å². The lowest BCUT2D eigenvalue weighted by Crippen LogP contribution is -2.47. The van der Waals surface area contributed by atoms with Gasteiger partial charge in [0, 0.05) is 0 Å². The first-order valence-corrected chi connectivity index (χ1v) is 5.09. The largest absolute Gasteiger partial charge is 0.464 e. The Morgan fingerprint density at radius 1 is 1.54 bits per heavy atom. The molecule has 13 heavy (non-hydrogen) atoms. The van der Waals surface area contributed by atoms with Crippen molar-refractivity contribution in [2.24, 2.45) is 11.3 Å². The molecule has 74 valence electrons. The van der Waals surface area contributed by atoms with Crippen molar-refractivity contribution in [2.45, 2.75) is 26.2 Å². The summed E-state index contributed by atoms with van der Waals surface area (Å²) in [4.78, 5) is 11.2. The van der Waals surface area contributed by atoms with Gasteiger partial charge in [-0.25, -0.2) is 0 Å². The van der Waals surface area contributed by atoms with Crippen LogP contribution in [0.4, 0.5) is 0 Å². The molecule has 0 bridgehead atoms. The molecule has 3 nitrogen and oxygen atoms in total. The minimum atomic E-state index is -0.151. The molecule has 2 rings (SSSR count). The molecule has 0 spiro atoms. The van der Waals surface area contributed by atoms with E-state index in [9.17, 15) is 4.79 Å². The van der Waals surface area contributed by atoms with E-state index in [1.165, 1.54) is 12.8 Å². The maximum absolute atomic E-state index is 11.2. The first-order valence-electron chi connectivity index (χ1n) is 5.09. The van der Waals surface area contributed by atoms with Crippen LogP contribution in [-0.2, 0) is 9.53 Å². The zero-order valence-corrected chi connectivity index (χ0v) is 8.14. The molecule has 1 unspecified atom stereocenters. The quantitative estimate of drug-likeness (QED) is 0.647. The maximum Gasteiger partial charge on any atom is 0.315 e. The third-order valence-corrected chi connectivity index (χ3v) is 3.21. The first kappa shape index (κ1) is 9.00. The van der Waals surface area contributed by atoms with Crippen LogP contribution in [0, 0.1) is 11.3 Å². The van der Waals surface area contributed by atoms with Gasteiger partial charge in [0.1, 0.15) is 6.61 Å². The Labute approximate surface area is 78.8 Å². The van der Waals surface area contributed by atoms with Crippen molar-refractivity contribution in [3.8, 4) is 0 Å². The monoisotopic (exact) mass is 183 g/mol. The van der Waals surface area contributed by atoms with Gasteiger partial charge in [-0.05, 0) is 45.2 Å². The minimum absolute atomic E-state index is 0.00559. The smallest absolute Gasteiger partial charge is 0.315 e. The van der Waals surface area contributed by atoms with Crippen LogP contribution in [0.25, 0.3) is 0 Å². The number of nitrogens with one attached hydrogen (secondary N) is 1. The highest BCUT2D eigenvalue weighted by Crippen LogP contribution is 2.37. The van der Waals surface area contributed by atoms with E-state index in [4.69, 9.17) is 4.74 Å². The molecule has 1 N–H and O–H groups in total. The summed E-state index contributed by atoms with van der Waals surface area (Å²) in [5.74, 6) is 0.727. The molecule has 3 heteroatoms. The second-order valence-corrected chi connectivity index (χ2v) is 4.53. The fourth-order valence-electron chi connectivity index (χ4n) is 2.24. The summed E-state index contributed by atoms with van der Waals surface area (Å²) >= 11 is 0. The molecule has 2 saturated heterocycles. The lowest BCUT2D eigenvalue weighted by Gasteiger charge is -2.39. The molecule has 0 amide bonds. The van der Waals surface area contributed by atoms with E-state index >= 15 is 0 Å². The van der Waals surface area contributed by atoms with Gasteiger partial charge in [0.15, 0.2) is 0 Å². The highest BCUT2D eigenvalue weighted by Gasteiger charge is 2.45. The number of esters is 1. The predicted molar refractivity (Wildman–Crippen MR) is 49.3 cm³/mol. The summed E-state index contributed by atoms with van der Waals surface area (Å²) < 4.78 is 4.83. The van der Waals surface area contributed by atoms with Gasteiger partial charge in [-0.3, -0.25) is 4.79 Å². The molecule has 0 aliphatic carbocycles. The number of rotatable bonds is 2. The molecule has 2 aliphatic rings. The van der Waals surface area contributed by atoms with Gasteiger partial charge < -0.3 is 10.1 Å². The summed E-state index contributed by atoms with van der Waals surface area (Å²) in [7, 11) is 0. The third kappa shape index (κ3) is 1.70. The van der Waals surface area contributed by atoms with Gasteiger partial charge in [-0.15, -0.1) is 0 Å². The molecule has 2 heterocycles. The van der Waals surface area contributed by atoms with Crippen LogP contribution in [-0.4, -0.2) is 25.7 Å². The van der Waals surface area contributed by atoms with Gasteiger partial charge in [-0.2, -0.15) is 0 Å². The second kappa shape index (κ2) is 3.29. The molecule has 0 aromatic carbocycles. The van der Waals surface area contributed by atoms with Crippen LogP contribution in [0.1, 0.15) is 26.2 Å². The fraction of sp³-hybridized carbons (Fsp3) is 0.900. The average Bonchev–Trinajstić information content (AvgIpc) is 2.17. The van der Waals surface area contributed by atoms with Crippen molar-refractivity contribution in [3.05, 3.63) is 0 Å². The molecular formula is C10H17NO2. The van der Waals surface area contributed by atoms with Gasteiger partial charge >= 0.3 is 5.97 Å². The minimum Gasteiger partial charge on any atom is -0.464 e. The Hall–Kier alpha value is -0.570.